The molecule has 1 N–H and O–H groups in total. The van der Waals surface area contributed by atoms with Crippen LogP contribution in [0.3, 0.4) is 0 Å². The summed E-state index contributed by atoms with van der Waals surface area (Å²) in [6, 6.07) is 0. The third kappa shape index (κ3) is 29.0. The quantitative estimate of drug-likeness (QED) is 0.0523. The number of hydrogen-bond acceptors (Lipinski definition) is 4. The molecule has 39 heavy (non-hydrogen) atoms. The third-order valence-corrected chi connectivity index (χ3v) is 8.45. The Bertz CT molecular complexity index is 608. The van der Waals surface area contributed by atoms with Crippen molar-refractivity contribution in [3.8, 4) is 0 Å². The van der Waals surface area contributed by atoms with Crippen molar-refractivity contribution in [3.63, 3.8) is 0 Å². The number of rotatable bonds is 30. The van der Waals surface area contributed by atoms with Crippen LogP contribution in [-0.4, -0.2) is 56.1 Å². The van der Waals surface area contributed by atoms with Crippen LogP contribution in [0.1, 0.15) is 155 Å². The molecule has 0 saturated carbocycles. The summed E-state index contributed by atoms with van der Waals surface area (Å²) in [4.78, 5) is 22.3. The van der Waals surface area contributed by atoms with Gasteiger partial charge in [-0.25, -0.2) is 4.57 Å². The lowest BCUT2D eigenvalue weighted by Gasteiger charge is -2.23. The summed E-state index contributed by atoms with van der Waals surface area (Å²) in [5.74, 6) is 0.203. The van der Waals surface area contributed by atoms with Gasteiger partial charge in [-0.2, -0.15) is 0 Å². The number of carbonyl (C=O) groups is 1. The van der Waals surface area contributed by atoms with Crippen molar-refractivity contribution >= 4 is 13.6 Å². The Kier molecular flexibility index (Phi) is 25.3. The molecule has 2 unspecified atom stereocenters. The largest absolute Gasteiger partial charge is 0.472 e. The van der Waals surface area contributed by atoms with Gasteiger partial charge in [-0.3, -0.25) is 13.8 Å². The lowest BCUT2D eigenvalue weighted by Crippen LogP contribution is -2.35. The van der Waals surface area contributed by atoms with Crippen LogP contribution < -0.4 is 0 Å². The van der Waals surface area contributed by atoms with Crippen LogP contribution in [0.5, 0.6) is 0 Å². The molecule has 0 spiro atoms. The van der Waals surface area contributed by atoms with E-state index in [2.05, 4.69) is 28.1 Å². The zero-order valence-corrected chi connectivity index (χ0v) is 27.6. The summed E-state index contributed by atoms with van der Waals surface area (Å²) < 4.78 is 23.7. The van der Waals surface area contributed by atoms with Gasteiger partial charge in [0.25, 0.3) is 0 Å². The Morgan fingerprint density at radius 2 is 1.18 bits per heavy atom. The zero-order chi connectivity index (χ0) is 29.2. The number of phosphoric acid groups is 1. The molecule has 0 saturated heterocycles. The fourth-order valence-corrected chi connectivity index (χ4v) is 5.87. The molecule has 0 rings (SSSR count). The molecule has 0 aromatic heterocycles. The Morgan fingerprint density at radius 1 is 0.692 bits per heavy atom. The second-order valence-corrected chi connectivity index (χ2v) is 14.2. The fraction of sp³-hybridized carbons (Fsp3) is 0.969. The molecule has 0 amide bonds. The van der Waals surface area contributed by atoms with Gasteiger partial charge in [0.2, 0.25) is 0 Å². The van der Waals surface area contributed by atoms with Crippen molar-refractivity contribution in [2.24, 2.45) is 5.92 Å². The first-order valence-corrected chi connectivity index (χ1v) is 18.0. The van der Waals surface area contributed by atoms with Crippen molar-refractivity contribution in [2.75, 3.05) is 40.9 Å². The first-order chi connectivity index (χ1) is 18.6. The van der Waals surface area contributed by atoms with E-state index in [1.54, 1.807) is 0 Å². The van der Waals surface area contributed by atoms with E-state index in [4.69, 9.17) is 9.05 Å². The van der Waals surface area contributed by atoms with E-state index >= 15 is 0 Å². The van der Waals surface area contributed by atoms with Gasteiger partial charge in [-0.15, -0.1) is 0 Å². The van der Waals surface area contributed by atoms with E-state index < -0.39 is 7.82 Å². The molecule has 234 valence electrons. The smallest absolute Gasteiger partial charge is 0.331 e. The van der Waals surface area contributed by atoms with Gasteiger partial charge in [0.15, 0.2) is 0 Å². The minimum Gasteiger partial charge on any atom is -0.331 e. The minimum atomic E-state index is -4.08. The summed E-state index contributed by atoms with van der Waals surface area (Å²) in [5, 5.41) is 0. The van der Waals surface area contributed by atoms with Gasteiger partial charge in [0, 0.05) is 12.8 Å². The molecule has 0 aromatic carbocycles. The van der Waals surface area contributed by atoms with Gasteiger partial charge in [-0.1, -0.05) is 117 Å². The van der Waals surface area contributed by atoms with Crippen molar-refractivity contribution in [1.82, 2.24) is 0 Å². The van der Waals surface area contributed by atoms with E-state index in [-0.39, 0.29) is 24.9 Å². The van der Waals surface area contributed by atoms with Gasteiger partial charge < -0.3 is 9.38 Å². The average Bonchev–Trinajstić information content (AvgIpc) is 2.86. The summed E-state index contributed by atoms with van der Waals surface area (Å²) in [6.45, 7) is 5.60. The molecular formula is C32H67NO5P+. The predicted molar refractivity (Wildman–Crippen MR) is 166 cm³/mol. The molecule has 0 bridgehead atoms. The fourth-order valence-electron chi connectivity index (χ4n) is 5.03. The van der Waals surface area contributed by atoms with Crippen LogP contribution in [0.4, 0.5) is 0 Å². The lowest BCUT2D eigenvalue weighted by molar-refractivity contribution is -0.870. The van der Waals surface area contributed by atoms with E-state index in [1.165, 1.54) is 89.9 Å². The summed E-state index contributed by atoms with van der Waals surface area (Å²) in [6.07, 6.45) is 25.7. The van der Waals surface area contributed by atoms with Crippen molar-refractivity contribution < 1.29 is 27.8 Å². The van der Waals surface area contributed by atoms with Gasteiger partial charge in [0.05, 0.1) is 40.9 Å². The second kappa shape index (κ2) is 25.5. The van der Waals surface area contributed by atoms with Crippen LogP contribution in [0.15, 0.2) is 0 Å². The first-order valence-electron chi connectivity index (χ1n) is 16.5. The summed E-state index contributed by atoms with van der Waals surface area (Å²) in [7, 11) is 2.30. The maximum atomic E-state index is 12.3. The average molecular weight is 577 g/mol. The zero-order valence-electron chi connectivity index (χ0n) is 26.7. The highest BCUT2D eigenvalue weighted by molar-refractivity contribution is 7.47. The number of nitrogens with zero attached hydrogens (tertiary/aromatic N) is 1. The van der Waals surface area contributed by atoms with Gasteiger partial charge in [-0.05, 0) is 31.6 Å². The molecule has 7 heteroatoms. The van der Waals surface area contributed by atoms with Crippen molar-refractivity contribution in [3.05, 3.63) is 0 Å². The molecule has 6 nitrogen and oxygen atoms in total. The molecule has 0 aliphatic carbocycles. The van der Waals surface area contributed by atoms with E-state index in [9.17, 15) is 14.3 Å². The number of phosphoric ester groups is 1. The molecule has 2 atom stereocenters. The molecule has 0 radical (unpaired) electrons. The highest BCUT2D eigenvalue weighted by Crippen LogP contribution is 2.44. The molecular weight excluding hydrogens is 509 g/mol. The van der Waals surface area contributed by atoms with Gasteiger partial charge >= 0.3 is 7.82 Å². The van der Waals surface area contributed by atoms with Crippen LogP contribution >= 0.6 is 7.82 Å². The summed E-state index contributed by atoms with van der Waals surface area (Å²) in [5.41, 5.74) is 0. The van der Waals surface area contributed by atoms with Crippen LogP contribution in [0, 0.1) is 5.92 Å². The van der Waals surface area contributed by atoms with Gasteiger partial charge in [0.1, 0.15) is 5.78 Å². The normalized spacial score (nSPS) is 14.4. The third-order valence-electron chi connectivity index (χ3n) is 7.46. The molecule has 0 heterocycles. The monoisotopic (exact) mass is 576 g/mol. The minimum absolute atomic E-state index is 0.0158. The molecule has 0 aliphatic heterocycles. The maximum Gasteiger partial charge on any atom is 0.472 e. The predicted octanol–water partition coefficient (Wildman–Crippen LogP) is 9.63. The van der Waals surface area contributed by atoms with E-state index in [0.29, 0.717) is 12.8 Å². The standard InChI is InChI=1S/C32H66NO5P/c1-6-8-9-10-11-12-13-14-15-16-17-18-19-20-21-22-26-31(29-32(34)25-7-2)30-38-39(35,36)37-28-24-23-27-33(3,4)5/h31H,6-30H2,1-5H3/p+1. The van der Waals surface area contributed by atoms with Crippen LogP contribution in [0.25, 0.3) is 0 Å². The highest BCUT2D eigenvalue weighted by Gasteiger charge is 2.24. The Labute approximate surface area is 243 Å². The number of unbranched alkanes of at least 4 members (excludes halogenated alkanes) is 16. The number of carbonyl (C=O) groups excluding carboxylic acids is 1. The highest BCUT2D eigenvalue weighted by atomic mass is 31.2. The molecule has 0 fully saturated rings. The number of ketones is 1. The Hall–Kier alpha value is -0.260. The number of Topliss-reactive ketones (excluding diaryl/α,β-unsaturated/α-hetero) is 1. The Morgan fingerprint density at radius 3 is 1.64 bits per heavy atom. The van der Waals surface area contributed by atoms with E-state index in [0.717, 1.165) is 49.6 Å². The van der Waals surface area contributed by atoms with E-state index in [1.807, 2.05) is 6.92 Å². The van der Waals surface area contributed by atoms with Crippen molar-refractivity contribution in [2.45, 2.75) is 155 Å². The lowest BCUT2D eigenvalue weighted by atomic mass is 9.94. The maximum absolute atomic E-state index is 12.3. The second-order valence-electron chi connectivity index (χ2n) is 12.8. The number of hydrogen-bond donors (Lipinski definition) is 1. The van der Waals surface area contributed by atoms with Crippen LogP contribution in [0.2, 0.25) is 0 Å². The first kappa shape index (κ1) is 38.7. The number of quaternary nitrogens is 1. The van der Waals surface area contributed by atoms with Crippen LogP contribution in [-0.2, 0) is 18.4 Å². The van der Waals surface area contributed by atoms with Crippen molar-refractivity contribution in [1.29, 1.82) is 0 Å². The molecule has 0 aromatic rings. The Balaban J connectivity index is 3.98. The molecule has 0 aliphatic rings. The topological polar surface area (TPSA) is 72.8 Å². The summed E-state index contributed by atoms with van der Waals surface area (Å²) >= 11 is 0. The SMILES string of the molecule is CCCCCCCCCCCCCCCCCCC(COP(=O)(O)OCCCC[N+](C)(C)C)CC(=O)CCC.